The van der Waals surface area contributed by atoms with Crippen molar-refractivity contribution in [2.75, 3.05) is 39.3 Å². The van der Waals surface area contributed by atoms with Crippen LogP contribution >= 0.6 is 0 Å². The van der Waals surface area contributed by atoms with Crippen LogP contribution in [0.3, 0.4) is 0 Å². The lowest BCUT2D eigenvalue weighted by atomic mass is 10.0. The third kappa shape index (κ3) is 12.2. The lowest BCUT2D eigenvalue weighted by Gasteiger charge is -2.22. The van der Waals surface area contributed by atoms with Gasteiger partial charge in [-0.3, -0.25) is 4.99 Å². The number of nitrogens with zero attached hydrogens (tertiary/aromatic N) is 2. The van der Waals surface area contributed by atoms with Crippen molar-refractivity contribution >= 4 is 5.96 Å². The maximum atomic E-state index is 5.81. The molecule has 0 radical (unpaired) electrons. The summed E-state index contributed by atoms with van der Waals surface area (Å²) in [5.41, 5.74) is 0. The van der Waals surface area contributed by atoms with Gasteiger partial charge >= 0.3 is 0 Å². The quantitative estimate of drug-likeness (QED) is 0.369. The van der Waals surface area contributed by atoms with Crippen LogP contribution in [0.15, 0.2) is 4.99 Å². The van der Waals surface area contributed by atoms with Gasteiger partial charge < -0.3 is 20.3 Å². The van der Waals surface area contributed by atoms with Gasteiger partial charge in [0, 0.05) is 25.7 Å². The van der Waals surface area contributed by atoms with Crippen molar-refractivity contribution in [1.29, 1.82) is 0 Å². The molecule has 0 saturated heterocycles. The van der Waals surface area contributed by atoms with Gasteiger partial charge in [0.2, 0.25) is 0 Å². The Kier molecular flexibility index (Phi) is 14.9. The number of hydrogen-bond donors (Lipinski definition) is 2. The molecule has 0 amide bonds. The van der Waals surface area contributed by atoms with E-state index < -0.39 is 0 Å². The molecule has 2 unspecified atom stereocenters. The molecule has 0 aliphatic heterocycles. The van der Waals surface area contributed by atoms with Crippen molar-refractivity contribution in [2.24, 2.45) is 10.9 Å². The van der Waals surface area contributed by atoms with E-state index in [2.05, 4.69) is 64.0 Å². The summed E-state index contributed by atoms with van der Waals surface area (Å²) in [6.07, 6.45) is 3.64. The van der Waals surface area contributed by atoms with Gasteiger partial charge in [0.15, 0.2) is 5.96 Å². The molecule has 2 atom stereocenters. The predicted octanol–water partition coefficient (Wildman–Crippen LogP) is 3.50. The summed E-state index contributed by atoms with van der Waals surface area (Å²) in [6, 6.07) is 0.432. The first-order valence-electron chi connectivity index (χ1n) is 10.4. The fourth-order valence-corrected chi connectivity index (χ4v) is 2.91. The van der Waals surface area contributed by atoms with Gasteiger partial charge in [-0.15, -0.1) is 0 Å². The molecule has 25 heavy (non-hydrogen) atoms. The van der Waals surface area contributed by atoms with Gasteiger partial charge in [0.05, 0.1) is 6.10 Å². The fourth-order valence-electron chi connectivity index (χ4n) is 2.91. The second-order valence-corrected chi connectivity index (χ2v) is 7.00. The van der Waals surface area contributed by atoms with Crippen LogP contribution in [0.4, 0.5) is 0 Å². The molecule has 0 aliphatic rings. The standard InChI is InChI=1S/C20H44N4O/c1-8-21-20(22-15-14-19(17(5)6)25-11-4)23-18(7)13-12-16-24(9-2)10-3/h17-19H,8-16H2,1-7H3,(H2,21,22,23). The number of rotatable bonds is 14. The van der Waals surface area contributed by atoms with E-state index in [-0.39, 0.29) is 0 Å². The van der Waals surface area contributed by atoms with Gasteiger partial charge in [-0.05, 0) is 65.6 Å². The van der Waals surface area contributed by atoms with Crippen LogP contribution < -0.4 is 10.6 Å². The summed E-state index contributed by atoms with van der Waals surface area (Å²) in [6.45, 7) is 21.2. The smallest absolute Gasteiger partial charge is 0.191 e. The van der Waals surface area contributed by atoms with Gasteiger partial charge in [-0.1, -0.05) is 27.7 Å². The molecule has 2 N–H and O–H groups in total. The van der Waals surface area contributed by atoms with E-state index >= 15 is 0 Å². The van der Waals surface area contributed by atoms with Crippen LogP contribution in [-0.4, -0.2) is 62.3 Å². The highest BCUT2D eigenvalue weighted by Crippen LogP contribution is 2.10. The zero-order chi connectivity index (χ0) is 19.1. The van der Waals surface area contributed by atoms with E-state index in [1.165, 1.54) is 13.0 Å². The molecule has 0 aromatic carbocycles. The number of aliphatic imine (C=N–C) groups is 1. The van der Waals surface area contributed by atoms with Crippen LogP contribution in [-0.2, 0) is 4.74 Å². The molecular weight excluding hydrogens is 312 g/mol. The van der Waals surface area contributed by atoms with Crippen LogP contribution in [0, 0.1) is 5.92 Å². The van der Waals surface area contributed by atoms with Gasteiger partial charge in [0.25, 0.3) is 0 Å². The number of ether oxygens (including phenoxy) is 1. The third-order valence-corrected chi connectivity index (χ3v) is 4.54. The molecule has 150 valence electrons. The second-order valence-electron chi connectivity index (χ2n) is 7.00. The van der Waals surface area contributed by atoms with Crippen molar-refractivity contribution in [2.45, 2.75) is 79.9 Å². The Labute approximate surface area is 157 Å². The Hall–Kier alpha value is -0.810. The minimum absolute atomic E-state index is 0.295. The van der Waals surface area contributed by atoms with Crippen molar-refractivity contribution in [1.82, 2.24) is 15.5 Å². The lowest BCUT2D eigenvalue weighted by molar-refractivity contribution is 0.0266. The SMILES string of the molecule is CCNC(=NCCC(OCC)C(C)C)NC(C)CCCN(CC)CC. The number of guanidine groups is 1. The minimum Gasteiger partial charge on any atom is -0.378 e. The van der Waals surface area contributed by atoms with Crippen LogP contribution in [0.5, 0.6) is 0 Å². The summed E-state index contributed by atoms with van der Waals surface area (Å²) >= 11 is 0. The molecule has 5 nitrogen and oxygen atoms in total. The fraction of sp³-hybridized carbons (Fsp3) is 0.950. The minimum atomic E-state index is 0.295. The normalized spacial score (nSPS) is 14.8. The summed E-state index contributed by atoms with van der Waals surface area (Å²) in [5.74, 6) is 1.46. The molecule has 0 bridgehead atoms. The molecule has 0 rings (SSSR count). The van der Waals surface area contributed by atoms with E-state index in [0.717, 1.165) is 51.6 Å². The number of nitrogens with one attached hydrogen (secondary N) is 2. The highest BCUT2D eigenvalue weighted by molar-refractivity contribution is 5.80. The predicted molar refractivity (Wildman–Crippen MR) is 110 cm³/mol. The van der Waals surface area contributed by atoms with E-state index in [1.807, 2.05) is 0 Å². The molecule has 0 aromatic rings. The summed E-state index contributed by atoms with van der Waals surface area (Å²) in [4.78, 5) is 7.22. The molecule has 0 aromatic heterocycles. The third-order valence-electron chi connectivity index (χ3n) is 4.54. The molecule has 0 fully saturated rings. The first-order chi connectivity index (χ1) is 12.0. The lowest BCUT2D eigenvalue weighted by Crippen LogP contribution is -2.42. The summed E-state index contributed by atoms with van der Waals surface area (Å²) in [7, 11) is 0. The average molecular weight is 357 g/mol. The van der Waals surface area contributed by atoms with E-state index in [0.29, 0.717) is 18.1 Å². The molecule has 0 saturated carbocycles. The molecule has 0 heterocycles. The average Bonchev–Trinajstić information content (AvgIpc) is 2.58. The zero-order valence-corrected chi connectivity index (χ0v) is 17.9. The van der Waals surface area contributed by atoms with Crippen molar-refractivity contribution in [3.63, 3.8) is 0 Å². The van der Waals surface area contributed by atoms with Crippen molar-refractivity contribution in [3.05, 3.63) is 0 Å². The van der Waals surface area contributed by atoms with Gasteiger partial charge in [0.1, 0.15) is 0 Å². The Morgan fingerprint density at radius 3 is 2.24 bits per heavy atom. The van der Waals surface area contributed by atoms with Crippen molar-refractivity contribution in [3.8, 4) is 0 Å². The van der Waals surface area contributed by atoms with E-state index in [4.69, 9.17) is 9.73 Å². The van der Waals surface area contributed by atoms with Crippen LogP contribution in [0.1, 0.15) is 67.7 Å². The molecular formula is C20H44N4O. The first kappa shape index (κ1) is 24.2. The topological polar surface area (TPSA) is 48.9 Å². The largest absolute Gasteiger partial charge is 0.378 e. The van der Waals surface area contributed by atoms with E-state index in [1.54, 1.807) is 0 Å². The Balaban J connectivity index is 4.32. The Bertz CT molecular complexity index is 330. The summed E-state index contributed by atoms with van der Waals surface area (Å²) < 4.78 is 5.81. The Morgan fingerprint density at radius 1 is 1.04 bits per heavy atom. The number of hydrogen-bond acceptors (Lipinski definition) is 3. The van der Waals surface area contributed by atoms with Gasteiger partial charge in [-0.25, -0.2) is 0 Å². The monoisotopic (exact) mass is 356 g/mol. The zero-order valence-electron chi connectivity index (χ0n) is 17.9. The maximum Gasteiger partial charge on any atom is 0.191 e. The highest BCUT2D eigenvalue weighted by atomic mass is 16.5. The second kappa shape index (κ2) is 15.4. The molecule has 0 spiro atoms. The summed E-state index contributed by atoms with van der Waals surface area (Å²) in [5, 5.41) is 6.90. The van der Waals surface area contributed by atoms with Crippen LogP contribution in [0.25, 0.3) is 0 Å². The van der Waals surface area contributed by atoms with Gasteiger partial charge in [-0.2, -0.15) is 0 Å². The van der Waals surface area contributed by atoms with E-state index in [9.17, 15) is 0 Å². The first-order valence-corrected chi connectivity index (χ1v) is 10.4. The molecule has 0 aliphatic carbocycles. The maximum absolute atomic E-state index is 5.81. The Morgan fingerprint density at radius 2 is 1.72 bits per heavy atom. The van der Waals surface area contributed by atoms with Crippen molar-refractivity contribution < 1.29 is 4.74 Å². The molecule has 5 heteroatoms. The highest BCUT2D eigenvalue weighted by Gasteiger charge is 2.13. The van der Waals surface area contributed by atoms with Crippen LogP contribution in [0.2, 0.25) is 0 Å².